The SMILES string of the molecule is COC(=O)Cc1cc(C(F)F)ncc1CBr. The van der Waals surface area contributed by atoms with Gasteiger partial charge in [0, 0.05) is 11.5 Å². The molecule has 1 aromatic heterocycles. The Morgan fingerprint density at radius 1 is 1.56 bits per heavy atom. The minimum atomic E-state index is -2.64. The zero-order valence-electron chi connectivity index (χ0n) is 8.54. The van der Waals surface area contributed by atoms with Crippen LogP contribution in [0.1, 0.15) is 23.2 Å². The van der Waals surface area contributed by atoms with Gasteiger partial charge >= 0.3 is 5.97 Å². The van der Waals surface area contributed by atoms with Gasteiger partial charge in [-0.25, -0.2) is 8.78 Å². The highest BCUT2D eigenvalue weighted by Crippen LogP contribution is 2.21. The van der Waals surface area contributed by atoms with Gasteiger partial charge in [-0.1, -0.05) is 15.9 Å². The number of carbonyl (C=O) groups excluding carboxylic acids is 1. The normalized spacial score (nSPS) is 10.6. The molecular formula is C10H10BrF2NO2. The Bertz CT molecular complexity index is 385. The number of aromatic nitrogens is 1. The molecule has 0 aliphatic carbocycles. The molecule has 0 bridgehead atoms. The summed E-state index contributed by atoms with van der Waals surface area (Å²) in [5.41, 5.74) is 0.882. The van der Waals surface area contributed by atoms with Crippen LogP contribution in [0.2, 0.25) is 0 Å². The maximum atomic E-state index is 12.4. The van der Waals surface area contributed by atoms with Crippen LogP contribution in [-0.2, 0) is 21.3 Å². The lowest BCUT2D eigenvalue weighted by Crippen LogP contribution is -2.08. The largest absolute Gasteiger partial charge is 0.469 e. The summed E-state index contributed by atoms with van der Waals surface area (Å²) < 4.78 is 29.3. The van der Waals surface area contributed by atoms with Crippen molar-refractivity contribution >= 4 is 21.9 Å². The first-order chi connectivity index (χ1) is 7.58. The second kappa shape index (κ2) is 5.89. The quantitative estimate of drug-likeness (QED) is 0.633. The molecule has 0 spiro atoms. The molecule has 0 atom stereocenters. The highest BCUT2D eigenvalue weighted by molar-refractivity contribution is 9.08. The van der Waals surface area contributed by atoms with E-state index in [9.17, 15) is 13.6 Å². The van der Waals surface area contributed by atoms with Crippen LogP contribution in [0, 0.1) is 0 Å². The fourth-order valence-electron chi connectivity index (χ4n) is 1.18. The maximum absolute atomic E-state index is 12.4. The molecule has 1 aromatic rings. The van der Waals surface area contributed by atoms with Crippen LogP contribution >= 0.6 is 15.9 Å². The first-order valence-corrected chi connectivity index (χ1v) is 5.59. The monoisotopic (exact) mass is 293 g/mol. The van der Waals surface area contributed by atoms with Crippen molar-refractivity contribution in [2.75, 3.05) is 7.11 Å². The highest BCUT2D eigenvalue weighted by Gasteiger charge is 2.14. The molecule has 0 fully saturated rings. The average molecular weight is 294 g/mol. The second-order valence-electron chi connectivity index (χ2n) is 3.07. The Hall–Kier alpha value is -1.04. The van der Waals surface area contributed by atoms with E-state index in [1.807, 2.05) is 0 Å². The van der Waals surface area contributed by atoms with Crippen LogP contribution in [0.15, 0.2) is 12.3 Å². The van der Waals surface area contributed by atoms with Gasteiger partial charge in [0.25, 0.3) is 6.43 Å². The van der Waals surface area contributed by atoms with Crippen molar-refractivity contribution in [2.45, 2.75) is 18.2 Å². The first-order valence-electron chi connectivity index (χ1n) is 4.47. The third-order valence-corrected chi connectivity index (χ3v) is 2.64. The molecule has 6 heteroatoms. The number of ether oxygens (including phenoxy) is 1. The minimum Gasteiger partial charge on any atom is -0.469 e. The topological polar surface area (TPSA) is 39.2 Å². The van der Waals surface area contributed by atoms with Gasteiger partial charge in [0.15, 0.2) is 0 Å². The Kier molecular flexibility index (Phi) is 4.79. The first kappa shape index (κ1) is 13.0. The van der Waals surface area contributed by atoms with E-state index in [1.165, 1.54) is 19.4 Å². The molecule has 0 unspecified atom stereocenters. The highest BCUT2D eigenvalue weighted by atomic mass is 79.9. The summed E-state index contributed by atoms with van der Waals surface area (Å²) in [5.74, 6) is -0.464. The predicted molar refractivity (Wildman–Crippen MR) is 57.5 cm³/mol. The van der Waals surface area contributed by atoms with E-state index in [4.69, 9.17) is 0 Å². The van der Waals surface area contributed by atoms with E-state index in [2.05, 4.69) is 25.7 Å². The number of hydrogen-bond donors (Lipinski definition) is 0. The van der Waals surface area contributed by atoms with Crippen LogP contribution in [0.3, 0.4) is 0 Å². The molecule has 0 saturated heterocycles. The van der Waals surface area contributed by atoms with Crippen LogP contribution < -0.4 is 0 Å². The molecule has 0 aromatic carbocycles. The van der Waals surface area contributed by atoms with Gasteiger partial charge in [-0.3, -0.25) is 9.78 Å². The number of hydrogen-bond acceptors (Lipinski definition) is 3. The van der Waals surface area contributed by atoms with Crippen molar-refractivity contribution in [3.05, 3.63) is 29.1 Å². The summed E-state index contributed by atoms with van der Waals surface area (Å²) in [6.07, 6.45) is -1.32. The fraction of sp³-hybridized carbons (Fsp3) is 0.400. The van der Waals surface area contributed by atoms with Crippen molar-refractivity contribution in [1.82, 2.24) is 4.98 Å². The van der Waals surface area contributed by atoms with E-state index in [1.54, 1.807) is 0 Å². The van der Waals surface area contributed by atoms with Crippen LogP contribution in [-0.4, -0.2) is 18.1 Å². The van der Waals surface area contributed by atoms with E-state index >= 15 is 0 Å². The number of methoxy groups -OCH3 is 1. The zero-order valence-corrected chi connectivity index (χ0v) is 10.1. The van der Waals surface area contributed by atoms with Crippen molar-refractivity contribution in [2.24, 2.45) is 0 Å². The summed E-state index contributed by atoms with van der Waals surface area (Å²) in [6, 6.07) is 1.23. The number of carbonyl (C=O) groups is 1. The van der Waals surface area contributed by atoms with Crippen LogP contribution in [0.4, 0.5) is 8.78 Å². The van der Waals surface area contributed by atoms with Gasteiger partial charge in [0.1, 0.15) is 5.69 Å². The standard InChI is InChI=1S/C10H10BrF2NO2/c1-16-9(15)3-6-2-8(10(12)13)14-5-7(6)4-11/h2,5,10H,3-4H2,1H3. The molecule has 0 aliphatic heterocycles. The lowest BCUT2D eigenvalue weighted by atomic mass is 10.1. The molecule has 0 aliphatic rings. The molecule has 0 saturated carbocycles. The summed E-state index contributed by atoms with van der Waals surface area (Å²) in [7, 11) is 1.26. The number of esters is 1. The number of halogens is 3. The summed E-state index contributed by atoms with van der Waals surface area (Å²) in [6.45, 7) is 0. The molecule has 0 amide bonds. The number of rotatable bonds is 4. The van der Waals surface area contributed by atoms with Crippen molar-refractivity contribution in [1.29, 1.82) is 0 Å². The Morgan fingerprint density at radius 2 is 2.25 bits per heavy atom. The van der Waals surface area contributed by atoms with Gasteiger partial charge in [0.05, 0.1) is 13.5 Å². The van der Waals surface area contributed by atoms with E-state index in [0.717, 1.165) is 0 Å². The summed E-state index contributed by atoms with van der Waals surface area (Å²) in [5, 5.41) is 0.454. The summed E-state index contributed by atoms with van der Waals surface area (Å²) >= 11 is 3.20. The third kappa shape index (κ3) is 3.23. The fourth-order valence-corrected chi connectivity index (χ4v) is 1.68. The minimum absolute atomic E-state index is 0.0281. The molecular weight excluding hydrogens is 284 g/mol. The Labute approximate surface area is 99.9 Å². The van der Waals surface area contributed by atoms with Gasteiger partial charge in [-0.15, -0.1) is 0 Å². The molecule has 1 rings (SSSR count). The van der Waals surface area contributed by atoms with Crippen molar-refractivity contribution < 1.29 is 18.3 Å². The maximum Gasteiger partial charge on any atom is 0.309 e. The Balaban J connectivity index is 3.02. The summed E-state index contributed by atoms with van der Waals surface area (Å²) in [4.78, 5) is 14.7. The molecule has 88 valence electrons. The lowest BCUT2D eigenvalue weighted by molar-refractivity contribution is -0.139. The second-order valence-corrected chi connectivity index (χ2v) is 3.63. The molecule has 1 heterocycles. The van der Waals surface area contributed by atoms with Crippen LogP contribution in [0.5, 0.6) is 0 Å². The zero-order chi connectivity index (χ0) is 12.1. The van der Waals surface area contributed by atoms with E-state index < -0.39 is 12.4 Å². The predicted octanol–water partition coefficient (Wildman–Crippen LogP) is 2.63. The van der Waals surface area contributed by atoms with Crippen LogP contribution in [0.25, 0.3) is 0 Å². The average Bonchev–Trinajstić information content (AvgIpc) is 2.28. The molecule has 0 radical (unpaired) electrons. The number of alkyl halides is 3. The van der Waals surface area contributed by atoms with E-state index in [-0.39, 0.29) is 12.1 Å². The number of pyridine rings is 1. The van der Waals surface area contributed by atoms with Crippen molar-refractivity contribution in [3.8, 4) is 0 Å². The molecule has 0 N–H and O–H groups in total. The van der Waals surface area contributed by atoms with Gasteiger partial charge in [0.2, 0.25) is 0 Å². The number of nitrogens with zero attached hydrogens (tertiary/aromatic N) is 1. The molecule has 16 heavy (non-hydrogen) atoms. The van der Waals surface area contributed by atoms with E-state index in [0.29, 0.717) is 16.5 Å². The lowest BCUT2D eigenvalue weighted by Gasteiger charge is -2.08. The molecule has 3 nitrogen and oxygen atoms in total. The van der Waals surface area contributed by atoms with Gasteiger partial charge in [-0.2, -0.15) is 0 Å². The van der Waals surface area contributed by atoms with Crippen molar-refractivity contribution in [3.63, 3.8) is 0 Å². The Morgan fingerprint density at radius 3 is 2.75 bits per heavy atom. The van der Waals surface area contributed by atoms with Gasteiger partial charge < -0.3 is 4.74 Å². The smallest absolute Gasteiger partial charge is 0.309 e. The third-order valence-electron chi connectivity index (χ3n) is 2.03. The van der Waals surface area contributed by atoms with Gasteiger partial charge in [-0.05, 0) is 17.2 Å².